The summed E-state index contributed by atoms with van der Waals surface area (Å²) >= 11 is 5.88. The van der Waals surface area contributed by atoms with Crippen LogP contribution in [-0.2, 0) is 11.3 Å². The Morgan fingerprint density at radius 3 is 3.00 bits per heavy atom. The van der Waals surface area contributed by atoms with E-state index in [1.807, 2.05) is 32.0 Å². The fraction of sp³-hybridized carbons (Fsp3) is 0.364. The fourth-order valence-electron chi connectivity index (χ4n) is 1.35. The van der Waals surface area contributed by atoms with Gasteiger partial charge in [-0.15, -0.1) is 0 Å². The minimum Gasteiger partial charge on any atom is -0.371 e. The lowest BCUT2D eigenvalue weighted by Crippen LogP contribution is -2.03. The van der Waals surface area contributed by atoms with E-state index >= 15 is 0 Å². The van der Waals surface area contributed by atoms with E-state index in [0.717, 1.165) is 16.9 Å². The summed E-state index contributed by atoms with van der Waals surface area (Å²) in [5, 5.41) is 0.711. The van der Waals surface area contributed by atoms with Crippen LogP contribution in [0.1, 0.15) is 19.7 Å². The van der Waals surface area contributed by atoms with Crippen molar-refractivity contribution < 1.29 is 4.74 Å². The van der Waals surface area contributed by atoms with Crippen LogP contribution in [0.15, 0.2) is 18.2 Å². The van der Waals surface area contributed by atoms with Crippen molar-refractivity contribution in [2.75, 3.05) is 0 Å². The summed E-state index contributed by atoms with van der Waals surface area (Å²) in [7, 11) is 0. The third kappa shape index (κ3) is 2.49. The Bertz CT molecular complexity index is 465. The molecule has 1 aromatic heterocycles. The van der Waals surface area contributed by atoms with E-state index in [4.69, 9.17) is 16.3 Å². The molecule has 0 unspecified atom stereocenters. The Labute approximate surface area is 93.4 Å². The Balaban J connectivity index is 2.23. The van der Waals surface area contributed by atoms with Gasteiger partial charge in [-0.05, 0) is 32.0 Å². The predicted octanol–water partition coefficient (Wildman–Crippen LogP) is 3.14. The molecule has 1 N–H and O–H groups in total. The molecule has 0 amide bonds. The van der Waals surface area contributed by atoms with Crippen molar-refractivity contribution in [2.45, 2.75) is 26.6 Å². The first-order chi connectivity index (χ1) is 7.15. The number of aromatic nitrogens is 2. The maximum absolute atomic E-state index is 5.88. The molecule has 3 nitrogen and oxygen atoms in total. The molecule has 0 fully saturated rings. The van der Waals surface area contributed by atoms with Crippen LogP contribution in [0.4, 0.5) is 0 Å². The fourth-order valence-corrected chi connectivity index (χ4v) is 1.52. The molecule has 0 aliphatic rings. The quantitative estimate of drug-likeness (QED) is 0.870. The van der Waals surface area contributed by atoms with Gasteiger partial charge in [0.2, 0.25) is 0 Å². The van der Waals surface area contributed by atoms with Gasteiger partial charge in [-0.25, -0.2) is 4.98 Å². The van der Waals surface area contributed by atoms with E-state index in [2.05, 4.69) is 9.97 Å². The molecule has 2 rings (SSSR count). The van der Waals surface area contributed by atoms with E-state index in [0.29, 0.717) is 11.6 Å². The van der Waals surface area contributed by atoms with Gasteiger partial charge >= 0.3 is 0 Å². The van der Waals surface area contributed by atoms with Crippen molar-refractivity contribution in [3.05, 3.63) is 29.0 Å². The second kappa shape index (κ2) is 4.21. The number of fused-ring (bicyclic) bond motifs is 1. The van der Waals surface area contributed by atoms with Crippen LogP contribution in [0.25, 0.3) is 11.0 Å². The number of ether oxygens (including phenoxy) is 1. The number of H-pyrrole nitrogens is 1. The minimum atomic E-state index is 0.210. The van der Waals surface area contributed by atoms with E-state index in [1.165, 1.54) is 0 Å². The van der Waals surface area contributed by atoms with Crippen LogP contribution < -0.4 is 0 Å². The molecule has 0 saturated carbocycles. The van der Waals surface area contributed by atoms with Gasteiger partial charge in [0.25, 0.3) is 0 Å². The summed E-state index contributed by atoms with van der Waals surface area (Å²) in [5.74, 6) is 0.834. The largest absolute Gasteiger partial charge is 0.371 e. The van der Waals surface area contributed by atoms with Gasteiger partial charge in [0.15, 0.2) is 0 Å². The van der Waals surface area contributed by atoms with E-state index in [-0.39, 0.29) is 6.10 Å². The number of halogens is 1. The summed E-state index contributed by atoms with van der Waals surface area (Å²) in [6, 6.07) is 5.59. The highest BCUT2D eigenvalue weighted by molar-refractivity contribution is 6.31. The van der Waals surface area contributed by atoms with Crippen molar-refractivity contribution in [3.8, 4) is 0 Å². The highest BCUT2D eigenvalue weighted by atomic mass is 35.5. The molecule has 0 radical (unpaired) electrons. The maximum atomic E-state index is 5.88. The number of hydrogen-bond acceptors (Lipinski definition) is 2. The first kappa shape index (κ1) is 10.5. The highest BCUT2D eigenvalue weighted by Crippen LogP contribution is 2.17. The first-order valence-corrected chi connectivity index (χ1v) is 5.28. The van der Waals surface area contributed by atoms with E-state index < -0.39 is 0 Å². The SMILES string of the molecule is CC(C)OCc1nc2ccc(Cl)cc2[nH]1. The average Bonchev–Trinajstić information content (AvgIpc) is 2.56. The topological polar surface area (TPSA) is 37.9 Å². The molecule has 0 atom stereocenters. The average molecular weight is 225 g/mol. The van der Waals surface area contributed by atoms with Crippen LogP contribution in [0, 0.1) is 0 Å². The van der Waals surface area contributed by atoms with Gasteiger partial charge in [-0.2, -0.15) is 0 Å². The van der Waals surface area contributed by atoms with Crippen molar-refractivity contribution in [1.29, 1.82) is 0 Å². The van der Waals surface area contributed by atoms with Crippen LogP contribution in [0.3, 0.4) is 0 Å². The van der Waals surface area contributed by atoms with Gasteiger partial charge in [0, 0.05) is 5.02 Å². The number of imidazole rings is 1. The summed E-state index contributed by atoms with van der Waals surface area (Å²) in [6.45, 7) is 4.50. The lowest BCUT2D eigenvalue weighted by atomic mass is 10.3. The Morgan fingerprint density at radius 1 is 1.47 bits per heavy atom. The molecule has 2 aromatic rings. The Kier molecular flexibility index (Phi) is 2.93. The smallest absolute Gasteiger partial charge is 0.133 e. The van der Waals surface area contributed by atoms with Crippen LogP contribution in [-0.4, -0.2) is 16.1 Å². The van der Waals surface area contributed by atoms with Crippen molar-refractivity contribution in [3.63, 3.8) is 0 Å². The molecule has 0 spiro atoms. The van der Waals surface area contributed by atoms with Gasteiger partial charge < -0.3 is 9.72 Å². The third-order valence-electron chi connectivity index (χ3n) is 2.05. The number of nitrogens with one attached hydrogen (secondary N) is 1. The molecular weight excluding hydrogens is 212 g/mol. The van der Waals surface area contributed by atoms with Crippen molar-refractivity contribution >= 4 is 22.6 Å². The Morgan fingerprint density at radius 2 is 2.27 bits per heavy atom. The first-order valence-electron chi connectivity index (χ1n) is 4.91. The zero-order chi connectivity index (χ0) is 10.8. The van der Waals surface area contributed by atoms with Crippen LogP contribution >= 0.6 is 11.6 Å². The molecule has 15 heavy (non-hydrogen) atoms. The normalized spacial score (nSPS) is 11.5. The summed E-state index contributed by atoms with van der Waals surface area (Å²) in [6.07, 6.45) is 0.210. The number of nitrogens with zero attached hydrogens (tertiary/aromatic N) is 1. The van der Waals surface area contributed by atoms with Gasteiger partial charge in [-0.1, -0.05) is 11.6 Å². The molecule has 0 saturated heterocycles. The minimum absolute atomic E-state index is 0.210. The zero-order valence-electron chi connectivity index (χ0n) is 8.75. The Hall–Kier alpha value is -1.06. The molecule has 80 valence electrons. The second-order valence-corrected chi connectivity index (χ2v) is 4.14. The summed E-state index contributed by atoms with van der Waals surface area (Å²) in [4.78, 5) is 7.56. The molecule has 4 heteroatoms. The predicted molar refractivity (Wildman–Crippen MR) is 61.0 cm³/mol. The molecule has 1 aromatic carbocycles. The number of hydrogen-bond donors (Lipinski definition) is 1. The van der Waals surface area contributed by atoms with Crippen molar-refractivity contribution in [2.24, 2.45) is 0 Å². The monoisotopic (exact) mass is 224 g/mol. The van der Waals surface area contributed by atoms with E-state index in [9.17, 15) is 0 Å². The lowest BCUT2D eigenvalue weighted by molar-refractivity contribution is 0.0618. The standard InChI is InChI=1S/C11H13ClN2O/c1-7(2)15-6-11-13-9-4-3-8(12)5-10(9)14-11/h3-5,7H,6H2,1-2H3,(H,13,14). The zero-order valence-corrected chi connectivity index (χ0v) is 9.51. The number of benzene rings is 1. The molecule has 0 bridgehead atoms. The van der Waals surface area contributed by atoms with Gasteiger partial charge in [0.1, 0.15) is 12.4 Å². The summed E-state index contributed by atoms with van der Waals surface area (Å²) < 4.78 is 5.46. The lowest BCUT2D eigenvalue weighted by Gasteiger charge is -2.03. The van der Waals surface area contributed by atoms with Gasteiger partial charge in [-0.3, -0.25) is 0 Å². The van der Waals surface area contributed by atoms with Crippen molar-refractivity contribution in [1.82, 2.24) is 9.97 Å². The molecule has 0 aliphatic carbocycles. The number of rotatable bonds is 3. The molecule has 0 aliphatic heterocycles. The molecular formula is C11H13ClN2O. The second-order valence-electron chi connectivity index (χ2n) is 3.70. The van der Waals surface area contributed by atoms with E-state index in [1.54, 1.807) is 0 Å². The maximum Gasteiger partial charge on any atom is 0.133 e. The highest BCUT2D eigenvalue weighted by Gasteiger charge is 2.03. The number of aromatic amines is 1. The van der Waals surface area contributed by atoms with Crippen LogP contribution in [0.2, 0.25) is 5.02 Å². The van der Waals surface area contributed by atoms with Crippen LogP contribution in [0.5, 0.6) is 0 Å². The van der Waals surface area contributed by atoms with Gasteiger partial charge in [0.05, 0.1) is 17.1 Å². The summed E-state index contributed by atoms with van der Waals surface area (Å²) in [5.41, 5.74) is 1.87. The molecule has 1 heterocycles. The third-order valence-corrected chi connectivity index (χ3v) is 2.28.